The summed E-state index contributed by atoms with van der Waals surface area (Å²) in [7, 11) is 0. The molecule has 3 heterocycles. The Labute approximate surface area is 151 Å². The molecule has 1 amide bonds. The Morgan fingerprint density at radius 2 is 1.92 bits per heavy atom. The maximum atomic E-state index is 12.5. The summed E-state index contributed by atoms with van der Waals surface area (Å²) in [6.07, 6.45) is 4.40. The van der Waals surface area contributed by atoms with E-state index in [1.54, 1.807) is 0 Å². The van der Waals surface area contributed by atoms with Crippen molar-refractivity contribution in [1.29, 1.82) is 0 Å². The minimum atomic E-state index is 0.115. The van der Waals surface area contributed by atoms with Gasteiger partial charge in [-0.15, -0.1) is 0 Å². The van der Waals surface area contributed by atoms with Crippen LogP contribution in [0.2, 0.25) is 0 Å². The minimum absolute atomic E-state index is 0.115. The number of likely N-dealkylation sites (tertiary alicyclic amines) is 1. The first kappa shape index (κ1) is 17.2. The Morgan fingerprint density at radius 1 is 1.15 bits per heavy atom. The predicted molar refractivity (Wildman–Crippen MR) is 90.3 cm³/mol. The Balaban J connectivity index is 1.22. The van der Waals surface area contributed by atoms with Gasteiger partial charge in [0.05, 0.1) is 18.2 Å². The topological polar surface area (TPSA) is 94.5 Å². The Hall–Kier alpha value is -2.22. The van der Waals surface area contributed by atoms with Crippen LogP contribution in [0.15, 0.2) is 9.05 Å². The van der Waals surface area contributed by atoms with Crippen LogP contribution in [0, 0.1) is 13.8 Å². The van der Waals surface area contributed by atoms with Gasteiger partial charge >= 0.3 is 0 Å². The van der Waals surface area contributed by atoms with Gasteiger partial charge in [0.25, 0.3) is 5.89 Å². The fourth-order valence-electron chi connectivity index (χ4n) is 3.31. The third-order valence-corrected chi connectivity index (χ3v) is 5.17. The highest BCUT2D eigenvalue weighted by atomic mass is 16.5. The van der Waals surface area contributed by atoms with Crippen LogP contribution in [0.3, 0.4) is 0 Å². The number of piperidine rings is 1. The molecule has 0 atom stereocenters. The molecule has 2 fully saturated rings. The van der Waals surface area contributed by atoms with Gasteiger partial charge in [-0.3, -0.25) is 4.79 Å². The van der Waals surface area contributed by atoms with Crippen molar-refractivity contribution >= 4 is 5.91 Å². The quantitative estimate of drug-likeness (QED) is 0.780. The van der Waals surface area contributed by atoms with E-state index in [1.807, 2.05) is 18.7 Å². The number of nitrogens with zero attached hydrogens (tertiary/aromatic N) is 4. The first-order valence-electron chi connectivity index (χ1n) is 9.23. The maximum Gasteiger partial charge on any atom is 0.252 e. The fraction of sp³-hybridized carbons (Fsp3) is 0.667. The number of hydrogen-bond donors (Lipinski definition) is 0. The molecule has 1 aliphatic heterocycles. The standard InChI is InChI=1S/C18H24N4O4/c1-11-15(12(2)25-20-11)9-17(23)22-7-5-14(6-8-22)24-10-16-19-18(21-26-16)13-3-4-13/h13-14H,3-10H2,1-2H3. The molecule has 8 nitrogen and oxygen atoms in total. The molecule has 4 rings (SSSR count). The van der Waals surface area contributed by atoms with Crippen molar-refractivity contribution in [3.63, 3.8) is 0 Å². The number of amides is 1. The van der Waals surface area contributed by atoms with E-state index < -0.39 is 0 Å². The molecular formula is C18H24N4O4. The molecule has 140 valence electrons. The average Bonchev–Trinajstić information content (AvgIpc) is 3.32. The second-order valence-corrected chi connectivity index (χ2v) is 7.19. The molecule has 0 bridgehead atoms. The first-order chi connectivity index (χ1) is 12.6. The number of hydrogen-bond acceptors (Lipinski definition) is 7. The van der Waals surface area contributed by atoms with E-state index in [-0.39, 0.29) is 12.0 Å². The van der Waals surface area contributed by atoms with Crippen molar-refractivity contribution in [3.05, 3.63) is 28.7 Å². The Kier molecular flexibility index (Phi) is 4.76. The normalized spacial score (nSPS) is 18.5. The van der Waals surface area contributed by atoms with Crippen molar-refractivity contribution in [3.8, 4) is 0 Å². The molecule has 26 heavy (non-hydrogen) atoms. The summed E-state index contributed by atoms with van der Waals surface area (Å²) in [5.74, 6) is 2.68. The summed E-state index contributed by atoms with van der Waals surface area (Å²) >= 11 is 0. The van der Waals surface area contributed by atoms with Gasteiger partial charge in [-0.1, -0.05) is 10.3 Å². The minimum Gasteiger partial charge on any atom is -0.368 e. The molecule has 1 saturated carbocycles. The molecule has 2 aromatic rings. The predicted octanol–water partition coefficient (Wildman–Crippen LogP) is 2.30. The zero-order valence-electron chi connectivity index (χ0n) is 15.2. The van der Waals surface area contributed by atoms with Crippen LogP contribution in [0.1, 0.15) is 60.3 Å². The second kappa shape index (κ2) is 7.19. The van der Waals surface area contributed by atoms with Crippen LogP contribution < -0.4 is 0 Å². The van der Waals surface area contributed by atoms with Gasteiger partial charge in [-0.2, -0.15) is 4.98 Å². The van der Waals surface area contributed by atoms with Gasteiger partial charge in [0, 0.05) is 24.6 Å². The van der Waals surface area contributed by atoms with Crippen molar-refractivity contribution in [2.45, 2.75) is 64.6 Å². The molecule has 1 aliphatic carbocycles. The lowest BCUT2D eigenvalue weighted by atomic mass is 10.1. The Bertz CT molecular complexity index is 753. The summed E-state index contributed by atoms with van der Waals surface area (Å²) in [5, 5.41) is 7.91. The summed E-state index contributed by atoms with van der Waals surface area (Å²) < 4.78 is 16.3. The van der Waals surface area contributed by atoms with Crippen molar-refractivity contribution in [1.82, 2.24) is 20.2 Å². The monoisotopic (exact) mass is 360 g/mol. The summed E-state index contributed by atoms with van der Waals surface area (Å²) in [6.45, 7) is 5.45. The van der Waals surface area contributed by atoms with Gasteiger partial charge in [0.2, 0.25) is 5.91 Å². The maximum absolute atomic E-state index is 12.5. The van der Waals surface area contributed by atoms with Crippen LogP contribution in [-0.2, 0) is 22.6 Å². The van der Waals surface area contributed by atoms with Crippen LogP contribution in [0.25, 0.3) is 0 Å². The van der Waals surface area contributed by atoms with Crippen LogP contribution >= 0.6 is 0 Å². The SMILES string of the molecule is Cc1noc(C)c1CC(=O)N1CCC(OCc2nc(C3CC3)no2)CC1. The van der Waals surface area contributed by atoms with Gasteiger partial charge in [0.1, 0.15) is 12.4 Å². The molecule has 0 radical (unpaired) electrons. The number of rotatable bonds is 6. The lowest BCUT2D eigenvalue weighted by Gasteiger charge is -2.31. The highest BCUT2D eigenvalue weighted by Gasteiger charge is 2.29. The number of carbonyl (C=O) groups is 1. The van der Waals surface area contributed by atoms with E-state index in [9.17, 15) is 4.79 Å². The molecule has 1 saturated heterocycles. The third-order valence-electron chi connectivity index (χ3n) is 5.17. The average molecular weight is 360 g/mol. The molecule has 0 N–H and O–H groups in total. The van der Waals surface area contributed by atoms with E-state index in [4.69, 9.17) is 13.8 Å². The lowest BCUT2D eigenvalue weighted by molar-refractivity contribution is -0.133. The number of ether oxygens (including phenoxy) is 1. The van der Waals surface area contributed by atoms with Crippen LogP contribution in [-0.4, -0.2) is 45.3 Å². The Morgan fingerprint density at radius 3 is 2.58 bits per heavy atom. The molecule has 8 heteroatoms. The summed E-state index contributed by atoms with van der Waals surface area (Å²) in [5.41, 5.74) is 1.69. The zero-order valence-corrected chi connectivity index (χ0v) is 15.2. The second-order valence-electron chi connectivity index (χ2n) is 7.19. The molecule has 0 unspecified atom stereocenters. The third kappa shape index (κ3) is 3.80. The van der Waals surface area contributed by atoms with Gasteiger partial charge in [-0.05, 0) is 39.5 Å². The largest absolute Gasteiger partial charge is 0.368 e. The molecule has 0 spiro atoms. The summed E-state index contributed by atoms with van der Waals surface area (Å²) in [6, 6.07) is 0. The van der Waals surface area contributed by atoms with E-state index in [0.717, 1.165) is 48.5 Å². The van der Waals surface area contributed by atoms with Gasteiger partial charge in [-0.25, -0.2) is 0 Å². The fourth-order valence-corrected chi connectivity index (χ4v) is 3.31. The van der Waals surface area contributed by atoms with Crippen molar-refractivity contribution in [2.24, 2.45) is 0 Å². The van der Waals surface area contributed by atoms with Gasteiger partial charge < -0.3 is 18.7 Å². The highest BCUT2D eigenvalue weighted by Crippen LogP contribution is 2.38. The molecular weight excluding hydrogens is 336 g/mol. The van der Waals surface area contributed by atoms with E-state index >= 15 is 0 Å². The van der Waals surface area contributed by atoms with Crippen molar-refractivity contribution < 1.29 is 18.6 Å². The van der Waals surface area contributed by atoms with Crippen LogP contribution in [0.5, 0.6) is 0 Å². The van der Waals surface area contributed by atoms with Crippen LogP contribution in [0.4, 0.5) is 0 Å². The van der Waals surface area contributed by atoms with E-state index in [1.165, 1.54) is 0 Å². The number of aryl methyl sites for hydroxylation is 2. The zero-order chi connectivity index (χ0) is 18.1. The first-order valence-corrected chi connectivity index (χ1v) is 9.23. The molecule has 2 aliphatic rings. The smallest absolute Gasteiger partial charge is 0.252 e. The molecule has 0 aromatic carbocycles. The molecule has 2 aromatic heterocycles. The van der Waals surface area contributed by atoms with E-state index in [0.29, 0.717) is 37.9 Å². The van der Waals surface area contributed by atoms with E-state index in [2.05, 4.69) is 15.3 Å². The number of aromatic nitrogens is 3. The summed E-state index contributed by atoms with van der Waals surface area (Å²) in [4.78, 5) is 18.8. The van der Waals surface area contributed by atoms with Gasteiger partial charge in [0.15, 0.2) is 5.82 Å². The lowest BCUT2D eigenvalue weighted by Crippen LogP contribution is -2.41. The van der Waals surface area contributed by atoms with Crippen molar-refractivity contribution in [2.75, 3.05) is 13.1 Å². The highest BCUT2D eigenvalue weighted by molar-refractivity contribution is 5.79. The number of carbonyl (C=O) groups excluding carboxylic acids is 1.